The lowest BCUT2D eigenvalue weighted by atomic mass is 10.1. The number of pyridine rings is 1. The molecule has 1 aliphatic heterocycles. The van der Waals surface area contributed by atoms with Crippen molar-refractivity contribution in [3.05, 3.63) is 29.2 Å². The van der Waals surface area contributed by atoms with Crippen molar-refractivity contribution in [3.8, 4) is 10.4 Å². The zero-order valence-corrected chi connectivity index (χ0v) is 16.0. The van der Waals surface area contributed by atoms with Crippen molar-refractivity contribution in [1.82, 2.24) is 9.97 Å². The number of nitrogens with zero attached hydrogens (tertiary/aromatic N) is 3. The molecule has 0 bridgehead atoms. The molecule has 2 fully saturated rings. The molecule has 1 saturated heterocycles. The molecule has 2 N–H and O–H groups in total. The van der Waals surface area contributed by atoms with E-state index in [-0.39, 0.29) is 12.2 Å². The van der Waals surface area contributed by atoms with Gasteiger partial charge in [0.15, 0.2) is 5.13 Å². The second kappa shape index (κ2) is 6.67. The van der Waals surface area contributed by atoms with E-state index in [1.165, 1.54) is 29.0 Å². The number of hydrogen-bond acceptors (Lipinski definition) is 6. The summed E-state index contributed by atoms with van der Waals surface area (Å²) in [6.07, 6.45) is 2.97. The first kappa shape index (κ1) is 16.9. The quantitative estimate of drug-likeness (QED) is 0.907. The zero-order valence-electron chi connectivity index (χ0n) is 15.2. The van der Waals surface area contributed by atoms with Crippen molar-refractivity contribution in [2.45, 2.75) is 58.3 Å². The standard InChI is InChI=1S/C19H26N4OS/c1-11-6-15(7-16(21-11)14-4-5-14)18-17(8-20)22-19(25-18)23-9-12(2)24-13(3)10-23/h6-7,12-14H,4-5,8-10,20H2,1-3H3/t12-,13+. The van der Waals surface area contributed by atoms with E-state index < -0.39 is 0 Å². The number of thiazole rings is 1. The lowest BCUT2D eigenvalue weighted by molar-refractivity contribution is -0.00523. The minimum absolute atomic E-state index is 0.224. The highest BCUT2D eigenvalue weighted by Crippen LogP contribution is 2.42. The Bertz CT molecular complexity index is 761. The van der Waals surface area contributed by atoms with Gasteiger partial charge in [0.25, 0.3) is 0 Å². The molecular weight excluding hydrogens is 332 g/mol. The fourth-order valence-electron chi connectivity index (χ4n) is 3.59. The van der Waals surface area contributed by atoms with Crippen molar-refractivity contribution < 1.29 is 4.74 Å². The second-order valence-corrected chi connectivity index (χ2v) is 8.31. The average molecular weight is 359 g/mol. The molecule has 5 nitrogen and oxygen atoms in total. The third kappa shape index (κ3) is 3.57. The Morgan fingerprint density at radius 2 is 1.92 bits per heavy atom. The summed E-state index contributed by atoms with van der Waals surface area (Å²) < 4.78 is 5.85. The largest absolute Gasteiger partial charge is 0.372 e. The first-order valence-electron chi connectivity index (χ1n) is 9.12. The molecule has 2 atom stereocenters. The number of aryl methyl sites for hydroxylation is 1. The van der Waals surface area contributed by atoms with Crippen LogP contribution in [0.25, 0.3) is 10.4 Å². The molecule has 4 rings (SSSR count). The zero-order chi connectivity index (χ0) is 17.6. The van der Waals surface area contributed by atoms with Crippen molar-refractivity contribution in [1.29, 1.82) is 0 Å². The van der Waals surface area contributed by atoms with Gasteiger partial charge in [-0.3, -0.25) is 4.98 Å². The summed E-state index contributed by atoms with van der Waals surface area (Å²) in [7, 11) is 0. The van der Waals surface area contributed by atoms with E-state index in [0.717, 1.165) is 29.6 Å². The van der Waals surface area contributed by atoms with Gasteiger partial charge in [-0.05, 0) is 51.3 Å². The third-order valence-corrected chi connectivity index (χ3v) is 6.01. The smallest absolute Gasteiger partial charge is 0.186 e. The molecular formula is C19H26N4OS. The number of hydrogen-bond donors (Lipinski definition) is 1. The Morgan fingerprint density at radius 1 is 1.20 bits per heavy atom. The number of nitrogens with two attached hydrogens (primary N) is 1. The average Bonchev–Trinajstić information content (AvgIpc) is 3.32. The van der Waals surface area contributed by atoms with Gasteiger partial charge in [-0.1, -0.05) is 11.3 Å². The molecule has 2 aromatic rings. The number of morpholine rings is 1. The minimum Gasteiger partial charge on any atom is -0.372 e. The third-order valence-electron chi connectivity index (χ3n) is 4.80. The molecule has 6 heteroatoms. The van der Waals surface area contributed by atoms with E-state index in [9.17, 15) is 0 Å². The van der Waals surface area contributed by atoms with Gasteiger partial charge in [-0.15, -0.1) is 0 Å². The highest BCUT2D eigenvalue weighted by atomic mass is 32.1. The highest BCUT2D eigenvalue weighted by molar-refractivity contribution is 7.19. The first-order chi connectivity index (χ1) is 12.0. The number of rotatable bonds is 4. The summed E-state index contributed by atoms with van der Waals surface area (Å²) in [6.45, 7) is 8.53. The van der Waals surface area contributed by atoms with E-state index >= 15 is 0 Å². The molecule has 1 aliphatic carbocycles. The summed E-state index contributed by atoms with van der Waals surface area (Å²) >= 11 is 1.75. The maximum absolute atomic E-state index is 6.02. The maximum Gasteiger partial charge on any atom is 0.186 e. The Morgan fingerprint density at radius 3 is 2.56 bits per heavy atom. The molecule has 0 amide bonds. The van der Waals surface area contributed by atoms with E-state index in [4.69, 9.17) is 20.4 Å². The van der Waals surface area contributed by atoms with Crippen molar-refractivity contribution >= 4 is 16.5 Å². The Kier molecular flexibility index (Phi) is 4.52. The SMILES string of the molecule is Cc1cc(-c2sc(N3C[C@@H](C)O[C@@H](C)C3)nc2CN)cc(C2CC2)n1. The van der Waals surface area contributed by atoms with Gasteiger partial charge in [0.05, 0.1) is 22.8 Å². The molecule has 0 unspecified atom stereocenters. The van der Waals surface area contributed by atoms with Gasteiger partial charge >= 0.3 is 0 Å². The monoisotopic (exact) mass is 358 g/mol. The summed E-state index contributed by atoms with van der Waals surface area (Å²) in [6, 6.07) is 4.40. The van der Waals surface area contributed by atoms with Crippen LogP contribution in [0.15, 0.2) is 12.1 Å². The van der Waals surface area contributed by atoms with E-state index in [1.54, 1.807) is 11.3 Å². The highest BCUT2D eigenvalue weighted by Gasteiger charge is 2.28. The number of ether oxygens (including phenoxy) is 1. The van der Waals surface area contributed by atoms with Crippen molar-refractivity contribution in [3.63, 3.8) is 0 Å². The lowest BCUT2D eigenvalue weighted by Gasteiger charge is -2.35. The summed E-state index contributed by atoms with van der Waals surface area (Å²) in [5.41, 5.74) is 10.5. The summed E-state index contributed by atoms with van der Waals surface area (Å²) in [5.74, 6) is 0.647. The molecule has 0 aromatic carbocycles. The van der Waals surface area contributed by atoms with Crippen LogP contribution in [0.4, 0.5) is 5.13 Å². The van der Waals surface area contributed by atoms with Gasteiger partial charge in [0, 0.05) is 36.9 Å². The lowest BCUT2D eigenvalue weighted by Crippen LogP contribution is -2.45. The van der Waals surface area contributed by atoms with Crippen LogP contribution in [-0.4, -0.2) is 35.3 Å². The van der Waals surface area contributed by atoms with Crippen molar-refractivity contribution in [2.24, 2.45) is 5.73 Å². The van der Waals surface area contributed by atoms with Gasteiger partial charge < -0.3 is 15.4 Å². The Hall–Kier alpha value is -1.50. The van der Waals surface area contributed by atoms with E-state index in [0.29, 0.717) is 12.5 Å². The molecule has 2 aromatic heterocycles. The number of aromatic nitrogens is 2. The van der Waals surface area contributed by atoms with Crippen LogP contribution in [0.2, 0.25) is 0 Å². The molecule has 3 heterocycles. The van der Waals surface area contributed by atoms with Crippen LogP contribution in [0.3, 0.4) is 0 Å². The van der Waals surface area contributed by atoms with Gasteiger partial charge in [-0.2, -0.15) is 0 Å². The number of anilines is 1. The summed E-state index contributed by atoms with van der Waals surface area (Å²) in [4.78, 5) is 13.1. The topological polar surface area (TPSA) is 64.3 Å². The van der Waals surface area contributed by atoms with Gasteiger partial charge in [0.2, 0.25) is 0 Å². The van der Waals surface area contributed by atoms with Crippen LogP contribution in [0.1, 0.15) is 49.7 Å². The minimum atomic E-state index is 0.224. The van der Waals surface area contributed by atoms with E-state index in [2.05, 4.69) is 37.8 Å². The molecule has 2 aliphatic rings. The molecule has 25 heavy (non-hydrogen) atoms. The maximum atomic E-state index is 6.02. The van der Waals surface area contributed by atoms with Crippen LogP contribution in [0, 0.1) is 6.92 Å². The van der Waals surface area contributed by atoms with Crippen LogP contribution >= 0.6 is 11.3 Å². The normalized spacial score (nSPS) is 23.9. The molecule has 134 valence electrons. The van der Waals surface area contributed by atoms with Crippen LogP contribution in [0.5, 0.6) is 0 Å². The molecule has 0 spiro atoms. The fourth-order valence-corrected chi connectivity index (χ4v) is 4.69. The van der Waals surface area contributed by atoms with Crippen molar-refractivity contribution in [2.75, 3.05) is 18.0 Å². The Balaban J connectivity index is 1.69. The fraction of sp³-hybridized carbons (Fsp3) is 0.579. The predicted molar refractivity (Wildman–Crippen MR) is 102 cm³/mol. The second-order valence-electron chi connectivity index (χ2n) is 7.34. The Labute approximate surface area is 153 Å². The summed E-state index contributed by atoms with van der Waals surface area (Å²) in [5, 5.41) is 1.06. The first-order valence-corrected chi connectivity index (χ1v) is 9.94. The van der Waals surface area contributed by atoms with Gasteiger partial charge in [-0.25, -0.2) is 4.98 Å². The van der Waals surface area contributed by atoms with Gasteiger partial charge in [0.1, 0.15) is 0 Å². The van der Waals surface area contributed by atoms with Crippen LogP contribution in [-0.2, 0) is 11.3 Å². The molecule has 0 radical (unpaired) electrons. The van der Waals surface area contributed by atoms with Crippen LogP contribution < -0.4 is 10.6 Å². The van der Waals surface area contributed by atoms with E-state index in [1.807, 2.05) is 0 Å². The molecule has 1 saturated carbocycles. The predicted octanol–water partition coefficient (Wildman–Crippen LogP) is 3.46.